The molecule has 0 aliphatic carbocycles. The molecule has 8 nitrogen and oxygen atoms in total. The van der Waals surface area contributed by atoms with E-state index in [0.29, 0.717) is 15.6 Å². The number of nitrogens with zero attached hydrogens (tertiary/aromatic N) is 2. The van der Waals surface area contributed by atoms with Gasteiger partial charge in [0.15, 0.2) is 0 Å². The van der Waals surface area contributed by atoms with Gasteiger partial charge in [0.2, 0.25) is 0 Å². The molecule has 0 saturated heterocycles. The summed E-state index contributed by atoms with van der Waals surface area (Å²) in [4.78, 5) is 33.6. The monoisotopic (exact) mass is 394 g/mol. The van der Waals surface area contributed by atoms with Crippen LogP contribution < -0.4 is 10.7 Å². The van der Waals surface area contributed by atoms with Crippen LogP contribution in [0.5, 0.6) is 0 Å². The highest BCUT2D eigenvalue weighted by molar-refractivity contribution is 6.38. The molecule has 2 amide bonds. The number of carbonyl (C=O) groups excluding carboxylic acids is 2. The Hall–Kier alpha value is -2.97. The number of benzene rings is 2. The first-order chi connectivity index (χ1) is 12.4. The third kappa shape index (κ3) is 5.27. The zero-order valence-electron chi connectivity index (χ0n) is 13.1. The van der Waals surface area contributed by atoms with Crippen LogP contribution in [0.15, 0.2) is 47.6 Å². The molecule has 0 radical (unpaired) electrons. The standard InChI is InChI=1S/C16H12Cl2N4O4/c17-13-2-1-3-14(18)12(13)8-20-21-15(23)9-19-16(24)10-4-6-11(7-5-10)22(25)26/h1-8H,9H2,(H,19,24)(H,21,23)/b20-8+. The topological polar surface area (TPSA) is 114 Å². The molecule has 2 N–H and O–H groups in total. The van der Waals surface area contributed by atoms with Crippen LogP contribution in [0.2, 0.25) is 10.0 Å². The molecule has 0 saturated carbocycles. The summed E-state index contributed by atoms with van der Waals surface area (Å²) in [5.74, 6) is -1.12. The fraction of sp³-hybridized carbons (Fsp3) is 0.0625. The Balaban J connectivity index is 1.85. The van der Waals surface area contributed by atoms with Crippen LogP contribution in [0.3, 0.4) is 0 Å². The summed E-state index contributed by atoms with van der Waals surface area (Å²) in [5.41, 5.74) is 2.73. The van der Waals surface area contributed by atoms with Crippen LogP contribution >= 0.6 is 23.2 Å². The van der Waals surface area contributed by atoms with E-state index in [9.17, 15) is 19.7 Å². The molecule has 0 atom stereocenters. The normalized spacial score (nSPS) is 10.5. The molecule has 0 aliphatic rings. The van der Waals surface area contributed by atoms with Gasteiger partial charge in [-0.2, -0.15) is 5.10 Å². The first-order valence-corrected chi connectivity index (χ1v) is 7.92. The Labute approximate surface area is 157 Å². The Morgan fingerprint density at radius 3 is 2.31 bits per heavy atom. The number of hydrogen-bond acceptors (Lipinski definition) is 5. The zero-order chi connectivity index (χ0) is 19.1. The van der Waals surface area contributed by atoms with E-state index in [2.05, 4.69) is 15.8 Å². The van der Waals surface area contributed by atoms with Crippen molar-refractivity contribution in [2.45, 2.75) is 0 Å². The van der Waals surface area contributed by atoms with Gasteiger partial charge in [0.25, 0.3) is 17.5 Å². The minimum Gasteiger partial charge on any atom is -0.343 e. The van der Waals surface area contributed by atoms with Gasteiger partial charge in [0, 0.05) is 23.3 Å². The number of halogens is 2. The summed E-state index contributed by atoms with van der Waals surface area (Å²) in [6.07, 6.45) is 1.29. The lowest BCUT2D eigenvalue weighted by Crippen LogP contribution is -2.34. The van der Waals surface area contributed by atoms with Crippen molar-refractivity contribution in [3.05, 3.63) is 73.8 Å². The van der Waals surface area contributed by atoms with Crippen molar-refractivity contribution < 1.29 is 14.5 Å². The van der Waals surface area contributed by atoms with Crippen LogP contribution in [-0.4, -0.2) is 29.5 Å². The van der Waals surface area contributed by atoms with Gasteiger partial charge in [-0.1, -0.05) is 29.3 Å². The van der Waals surface area contributed by atoms with Gasteiger partial charge in [-0.05, 0) is 24.3 Å². The first kappa shape index (κ1) is 19.4. The summed E-state index contributed by atoms with van der Waals surface area (Å²) in [5, 5.41) is 17.4. The lowest BCUT2D eigenvalue weighted by molar-refractivity contribution is -0.384. The predicted octanol–water partition coefficient (Wildman–Crippen LogP) is 2.78. The molecule has 134 valence electrons. The van der Waals surface area contributed by atoms with E-state index in [1.54, 1.807) is 18.2 Å². The average molecular weight is 395 g/mol. The number of hydrazone groups is 1. The zero-order valence-corrected chi connectivity index (χ0v) is 14.6. The molecule has 2 aromatic carbocycles. The quantitative estimate of drug-likeness (QED) is 0.445. The fourth-order valence-electron chi connectivity index (χ4n) is 1.84. The first-order valence-electron chi connectivity index (χ1n) is 7.17. The smallest absolute Gasteiger partial charge is 0.269 e. The molecule has 2 aromatic rings. The molecule has 0 heterocycles. The van der Waals surface area contributed by atoms with E-state index in [1.165, 1.54) is 30.5 Å². The SMILES string of the molecule is O=C(CNC(=O)c1ccc([N+](=O)[O-])cc1)N/N=C/c1c(Cl)cccc1Cl. The summed E-state index contributed by atoms with van der Waals surface area (Å²) < 4.78 is 0. The average Bonchev–Trinajstić information content (AvgIpc) is 2.62. The third-order valence-electron chi connectivity index (χ3n) is 3.13. The molecular formula is C16H12Cl2N4O4. The van der Waals surface area contributed by atoms with E-state index in [0.717, 1.165) is 0 Å². The summed E-state index contributed by atoms with van der Waals surface area (Å²) in [6, 6.07) is 9.92. The molecule has 0 aliphatic heterocycles. The number of nitro benzene ring substituents is 1. The van der Waals surface area contributed by atoms with Gasteiger partial charge in [-0.25, -0.2) is 5.43 Å². The molecule has 2 rings (SSSR count). The largest absolute Gasteiger partial charge is 0.343 e. The molecule has 10 heteroatoms. The fourth-order valence-corrected chi connectivity index (χ4v) is 2.33. The van der Waals surface area contributed by atoms with Gasteiger partial charge in [0.05, 0.1) is 27.7 Å². The minimum atomic E-state index is -0.571. The maximum Gasteiger partial charge on any atom is 0.269 e. The number of carbonyl (C=O) groups is 2. The number of nitrogens with one attached hydrogen (secondary N) is 2. The van der Waals surface area contributed by atoms with Crippen LogP contribution in [0.25, 0.3) is 0 Å². The Bertz CT molecular complexity index is 849. The molecular weight excluding hydrogens is 383 g/mol. The van der Waals surface area contributed by atoms with Crippen molar-refractivity contribution in [1.29, 1.82) is 0 Å². The van der Waals surface area contributed by atoms with Gasteiger partial charge in [0.1, 0.15) is 0 Å². The highest BCUT2D eigenvalue weighted by atomic mass is 35.5. The summed E-state index contributed by atoms with van der Waals surface area (Å²) in [7, 11) is 0. The van der Waals surface area contributed by atoms with Crippen molar-refractivity contribution in [2.24, 2.45) is 5.10 Å². The number of rotatable bonds is 6. The molecule has 0 fully saturated rings. The van der Waals surface area contributed by atoms with Crippen LogP contribution in [0.4, 0.5) is 5.69 Å². The Morgan fingerprint density at radius 1 is 1.12 bits per heavy atom. The second-order valence-electron chi connectivity index (χ2n) is 4.92. The molecule has 0 unspecified atom stereocenters. The van der Waals surface area contributed by atoms with E-state index in [1.807, 2.05) is 0 Å². The minimum absolute atomic E-state index is 0.133. The Morgan fingerprint density at radius 2 is 1.73 bits per heavy atom. The summed E-state index contributed by atoms with van der Waals surface area (Å²) in [6.45, 7) is -0.330. The van der Waals surface area contributed by atoms with Crippen LogP contribution in [0, 0.1) is 10.1 Å². The third-order valence-corrected chi connectivity index (χ3v) is 3.79. The highest BCUT2D eigenvalue weighted by Gasteiger charge is 2.10. The maximum absolute atomic E-state index is 11.9. The van der Waals surface area contributed by atoms with Crippen LogP contribution in [0.1, 0.15) is 15.9 Å². The van der Waals surface area contributed by atoms with E-state index in [4.69, 9.17) is 23.2 Å². The van der Waals surface area contributed by atoms with Crippen molar-refractivity contribution in [2.75, 3.05) is 6.54 Å². The predicted molar refractivity (Wildman–Crippen MR) is 97.6 cm³/mol. The van der Waals surface area contributed by atoms with Crippen molar-refractivity contribution >= 4 is 46.9 Å². The van der Waals surface area contributed by atoms with Crippen LogP contribution in [-0.2, 0) is 4.79 Å². The van der Waals surface area contributed by atoms with E-state index < -0.39 is 16.7 Å². The van der Waals surface area contributed by atoms with Crippen molar-refractivity contribution in [1.82, 2.24) is 10.7 Å². The highest BCUT2D eigenvalue weighted by Crippen LogP contribution is 2.21. The molecule has 26 heavy (non-hydrogen) atoms. The number of hydrogen-bond donors (Lipinski definition) is 2. The molecule has 0 spiro atoms. The lowest BCUT2D eigenvalue weighted by Gasteiger charge is -2.04. The second kappa shape index (κ2) is 8.93. The number of amides is 2. The van der Waals surface area contributed by atoms with Crippen molar-refractivity contribution in [3.8, 4) is 0 Å². The Kier molecular flexibility index (Phi) is 6.65. The second-order valence-corrected chi connectivity index (χ2v) is 5.73. The maximum atomic E-state index is 11.9. The van der Waals surface area contributed by atoms with Gasteiger partial charge in [-0.15, -0.1) is 0 Å². The van der Waals surface area contributed by atoms with Crippen molar-refractivity contribution in [3.63, 3.8) is 0 Å². The van der Waals surface area contributed by atoms with E-state index >= 15 is 0 Å². The van der Waals surface area contributed by atoms with E-state index in [-0.39, 0.29) is 17.8 Å². The van der Waals surface area contributed by atoms with Gasteiger partial charge in [-0.3, -0.25) is 19.7 Å². The number of nitro groups is 1. The van der Waals surface area contributed by atoms with Gasteiger partial charge < -0.3 is 5.32 Å². The number of non-ortho nitro benzene ring substituents is 1. The lowest BCUT2D eigenvalue weighted by atomic mass is 10.2. The molecule has 0 bridgehead atoms. The van der Waals surface area contributed by atoms with Gasteiger partial charge >= 0.3 is 0 Å². The molecule has 0 aromatic heterocycles. The summed E-state index contributed by atoms with van der Waals surface area (Å²) >= 11 is 11.9.